The summed E-state index contributed by atoms with van der Waals surface area (Å²) in [6.07, 6.45) is 4.93. The predicted octanol–water partition coefficient (Wildman–Crippen LogP) is 2.37. The molecule has 5 nitrogen and oxygen atoms in total. The first-order valence-corrected chi connectivity index (χ1v) is 7.16. The van der Waals surface area contributed by atoms with E-state index < -0.39 is 5.91 Å². The lowest BCUT2D eigenvalue weighted by Gasteiger charge is -2.11. The summed E-state index contributed by atoms with van der Waals surface area (Å²) < 4.78 is 0. The van der Waals surface area contributed by atoms with E-state index in [4.69, 9.17) is 0 Å². The van der Waals surface area contributed by atoms with Gasteiger partial charge in [-0.1, -0.05) is 18.2 Å². The van der Waals surface area contributed by atoms with E-state index in [9.17, 15) is 10.1 Å². The molecule has 0 saturated heterocycles. The molecule has 1 N–H and O–H groups in total. The maximum absolute atomic E-state index is 12.1. The SMILES string of the molecule is CN(C)c1ccc(/C=C(\C#N)C(=O)NCc2cccnc2)cc1. The Morgan fingerprint density at radius 2 is 2.04 bits per heavy atom. The normalized spacial score (nSPS) is 10.7. The van der Waals surface area contributed by atoms with Gasteiger partial charge < -0.3 is 10.2 Å². The van der Waals surface area contributed by atoms with Crippen LogP contribution in [-0.2, 0) is 11.3 Å². The summed E-state index contributed by atoms with van der Waals surface area (Å²) in [6.45, 7) is 0.339. The molecular formula is C18H18N4O. The molecule has 1 heterocycles. The topological polar surface area (TPSA) is 69.0 Å². The highest BCUT2D eigenvalue weighted by atomic mass is 16.1. The zero-order chi connectivity index (χ0) is 16.7. The Hall–Kier alpha value is -3.13. The summed E-state index contributed by atoms with van der Waals surface area (Å²) in [6, 6.07) is 13.2. The van der Waals surface area contributed by atoms with Crippen molar-refractivity contribution in [1.82, 2.24) is 10.3 Å². The van der Waals surface area contributed by atoms with Crippen LogP contribution < -0.4 is 10.2 Å². The first-order chi connectivity index (χ1) is 11.1. The lowest BCUT2D eigenvalue weighted by atomic mass is 10.1. The fourth-order valence-corrected chi connectivity index (χ4v) is 1.96. The highest BCUT2D eigenvalue weighted by molar-refractivity contribution is 6.01. The van der Waals surface area contributed by atoms with Gasteiger partial charge in [0.2, 0.25) is 0 Å². The van der Waals surface area contributed by atoms with Gasteiger partial charge in [0, 0.05) is 38.7 Å². The largest absolute Gasteiger partial charge is 0.378 e. The van der Waals surface area contributed by atoms with Crippen molar-refractivity contribution in [1.29, 1.82) is 5.26 Å². The molecule has 0 atom stereocenters. The van der Waals surface area contributed by atoms with Crippen LogP contribution in [0.15, 0.2) is 54.4 Å². The van der Waals surface area contributed by atoms with Crippen LogP contribution in [0.5, 0.6) is 0 Å². The van der Waals surface area contributed by atoms with Crippen LogP contribution in [0.4, 0.5) is 5.69 Å². The zero-order valence-corrected chi connectivity index (χ0v) is 13.2. The van der Waals surface area contributed by atoms with Gasteiger partial charge in [0.15, 0.2) is 0 Å². The smallest absolute Gasteiger partial charge is 0.262 e. The molecule has 0 spiro atoms. The predicted molar refractivity (Wildman–Crippen MR) is 90.4 cm³/mol. The van der Waals surface area contributed by atoms with Crippen LogP contribution in [0.25, 0.3) is 6.08 Å². The third-order valence-electron chi connectivity index (χ3n) is 3.26. The van der Waals surface area contributed by atoms with Crippen molar-refractivity contribution in [3.8, 4) is 6.07 Å². The number of carbonyl (C=O) groups excluding carboxylic acids is 1. The maximum Gasteiger partial charge on any atom is 0.262 e. The second kappa shape index (κ2) is 7.76. The summed E-state index contributed by atoms with van der Waals surface area (Å²) in [4.78, 5) is 18.1. The van der Waals surface area contributed by atoms with Crippen LogP contribution in [0, 0.1) is 11.3 Å². The molecule has 2 rings (SSSR count). The molecule has 0 aliphatic rings. The van der Waals surface area contributed by atoms with Crippen molar-refractivity contribution in [3.63, 3.8) is 0 Å². The third kappa shape index (κ3) is 4.68. The van der Waals surface area contributed by atoms with E-state index in [1.54, 1.807) is 24.5 Å². The minimum Gasteiger partial charge on any atom is -0.378 e. The number of nitriles is 1. The minimum atomic E-state index is -0.395. The molecule has 0 aliphatic heterocycles. The average molecular weight is 306 g/mol. The van der Waals surface area contributed by atoms with Gasteiger partial charge in [0.1, 0.15) is 11.6 Å². The fraction of sp³-hybridized carbons (Fsp3) is 0.167. The number of rotatable bonds is 5. The Bertz CT molecular complexity index is 728. The summed E-state index contributed by atoms with van der Waals surface area (Å²) in [7, 11) is 3.91. The summed E-state index contributed by atoms with van der Waals surface area (Å²) in [5.74, 6) is -0.395. The van der Waals surface area contributed by atoms with Crippen molar-refractivity contribution >= 4 is 17.7 Å². The zero-order valence-electron chi connectivity index (χ0n) is 13.2. The van der Waals surface area contributed by atoms with E-state index in [1.165, 1.54) is 0 Å². The molecule has 0 radical (unpaired) electrons. The third-order valence-corrected chi connectivity index (χ3v) is 3.26. The van der Waals surface area contributed by atoms with Gasteiger partial charge in [-0.3, -0.25) is 9.78 Å². The Morgan fingerprint density at radius 3 is 2.61 bits per heavy atom. The van der Waals surface area contributed by atoms with Crippen molar-refractivity contribution in [2.75, 3.05) is 19.0 Å². The first kappa shape index (κ1) is 16.2. The molecule has 2 aromatic rings. The standard InChI is InChI=1S/C18H18N4O/c1-22(2)17-7-5-14(6-8-17)10-16(11-19)18(23)21-13-15-4-3-9-20-12-15/h3-10,12H,13H2,1-2H3,(H,21,23)/b16-10+. The number of hydrogen-bond donors (Lipinski definition) is 1. The monoisotopic (exact) mass is 306 g/mol. The van der Waals surface area contributed by atoms with Crippen LogP contribution in [0.1, 0.15) is 11.1 Å². The van der Waals surface area contributed by atoms with E-state index in [0.717, 1.165) is 16.8 Å². The van der Waals surface area contributed by atoms with Gasteiger partial charge in [-0.05, 0) is 35.4 Å². The molecule has 0 fully saturated rings. The van der Waals surface area contributed by atoms with E-state index >= 15 is 0 Å². The van der Waals surface area contributed by atoms with Gasteiger partial charge in [-0.2, -0.15) is 5.26 Å². The Labute approximate surface area is 135 Å². The average Bonchev–Trinajstić information content (AvgIpc) is 2.59. The number of amides is 1. The number of pyridine rings is 1. The molecule has 0 aliphatic carbocycles. The molecule has 1 aromatic carbocycles. The lowest BCUT2D eigenvalue weighted by Crippen LogP contribution is -2.24. The minimum absolute atomic E-state index is 0.0755. The molecule has 23 heavy (non-hydrogen) atoms. The van der Waals surface area contributed by atoms with Crippen molar-refractivity contribution < 1.29 is 4.79 Å². The van der Waals surface area contributed by atoms with E-state index in [2.05, 4.69) is 10.3 Å². The fourth-order valence-electron chi connectivity index (χ4n) is 1.96. The number of aromatic nitrogens is 1. The molecule has 5 heteroatoms. The van der Waals surface area contributed by atoms with E-state index in [1.807, 2.05) is 55.4 Å². The first-order valence-electron chi connectivity index (χ1n) is 7.16. The number of carbonyl (C=O) groups is 1. The van der Waals surface area contributed by atoms with Gasteiger partial charge in [-0.15, -0.1) is 0 Å². The summed E-state index contributed by atoms with van der Waals surface area (Å²) >= 11 is 0. The van der Waals surface area contributed by atoms with Crippen molar-refractivity contribution in [2.24, 2.45) is 0 Å². The van der Waals surface area contributed by atoms with Crippen LogP contribution in [0.2, 0.25) is 0 Å². The van der Waals surface area contributed by atoms with Crippen LogP contribution in [0.3, 0.4) is 0 Å². The number of nitrogens with one attached hydrogen (secondary N) is 1. The number of nitrogens with zero attached hydrogens (tertiary/aromatic N) is 3. The Kier molecular flexibility index (Phi) is 5.48. The van der Waals surface area contributed by atoms with Gasteiger partial charge >= 0.3 is 0 Å². The second-order valence-corrected chi connectivity index (χ2v) is 5.20. The highest BCUT2D eigenvalue weighted by Gasteiger charge is 2.08. The molecule has 0 unspecified atom stereocenters. The van der Waals surface area contributed by atoms with Crippen LogP contribution >= 0.6 is 0 Å². The van der Waals surface area contributed by atoms with Crippen molar-refractivity contribution in [2.45, 2.75) is 6.54 Å². The quantitative estimate of drug-likeness (QED) is 0.680. The Balaban J connectivity index is 2.06. The Morgan fingerprint density at radius 1 is 1.30 bits per heavy atom. The van der Waals surface area contributed by atoms with Gasteiger partial charge in [0.25, 0.3) is 5.91 Å². The van der Waals surface area contributed by atoms with Crippen molar-refractivity contribution in [3.05, 3.63) is 65.5 Å². The molecule has 1 aromatic heterocycles. The molecule has 116 valence electrons. The second-order valence-electron chi connectivity index (χ2n) is 5.20. The van der Waals surface area contributed by atoms with Gasteiger partial charge in [0.05, 0.1) is 0 Å². The maximum atomic E-state index is 12.1. The van der Waals surface area contributed by atoms with E-state index in [-0.39, 0.29) is 5.57 Å². The number of hydrogen-bond acceptors (Lipinski definition) is 4. The summed E-state index contributed by atoms with van der Waals surface area (Å²) in [5, 5.41) is 11.9. The van der Waals surface area contributed by atoms with Gasteiger partial charge in [-0.25, -0.2) is 0 Å². The lowest BCUT2D eigenvalue weighted by molar-refractivity contribution is -0.117. The number of anilines is 1. The van der Waals surface area contributed by atoms with E-state index in [0.29, 0.717) is 6.54 Å². The molecule has 0 saturated carbocycles. The molecule has 1 amide bonds. The summed E-state index contributed by atoms with van der Waals surface area (Å²) in [5.41, 5.74) is 2.82. The number of benzene rings is 1. The highest BCUT2D eigenvalue weighted by Crippen LogP contribution is 2.14. The van der Waals surface area contributed by atoms with Crippen LogP contribution in [-0.4, -0.2) is 25.0 Å². The molecular weight excluding hydrogens is 288 g/mol. The molecule has 0 bridgehead atoms.